The Balaban J connectivity index is 1.38. The zero-order valence-corrected chi connectivity index (χ0v) is 20.5. The lowest BCUT2D eigenvalue weighted by Crippen LogP contribution is -2.27. The summed E-state index contributed by atoms with van der Waals surface area (Å²) < 4.78 is 13.5. The molecular formula is C27H22FN9O. The highest BCUT2D eigenvalue weighted by Crippen LogP contribution is 2.32. The van der Waals surface area contributed by atoms with Crippen LogP contribution in [0.25, 0.3) is 56.0 Å². The molecule has 1 amide bonds. The van der Waals surface area contributed by atoms with Crippen LogP contribution in [0.3, 0.4) is 0 Å². The number of fused-ring (bicyclic) bond motifs is 2. The number of pyridine rings is 3. The highest BCUT2D eigenvalue weighted by molar-refractivity contribution is 5.96. The second kappa shape index (κ2) is 9.45. The molecule has 3 N–H and O–H groups in total. The van der Waals surface area contributed by atoms with Gasteiger partial charge >= 0.3 is 0 Å². The molecule has 0 fully saturated rings. The van der Waals surface area contributed by atoms with Crippen LogP contribution >= 0.6 is 0 Å². The Morgan fingerprint density at radius 2 is 1.79 bits per heavy atom. The number of hydrogen-bond acceptors (Lipinski definition) is 7. The van der Waals surface area contributed by atoms with Crippen LogP contribution in [-0.2, 0) is 4.79 Å². The molecule has 0 unspecified atom stereocenters. The van der Waals surface area contributed by atoms with Crippen molar-refractivity contribution in [2.45, 2.75) is 0 Å². The zero-order valence-electron chi connectivity index (χ0n) is 20.5. The zero-order chi connectivity index (χ0) is 26.2. The molecule has 0 aliphatic carbocycles. The Morgan fingerprint density at radius 3 is 2.61 bits per heavy atom. The standard InChI is InChI=1S/C27H22FN9O/c1-37(2)14-22(38)32-19-9-16(11-29-13-19)17-10-21-24(35-36-25(21)31-12-17)27-33-23-20(7-8-30-26(23)34-27)15-3-5-18(28)6-4-15/h3-13H,14H2,1-2H3,(H,32,38)(H,30,33,34)(H,31,35,36). The number of anilines is 1. The summed E-state index contributed by atoms with van der Waals surface area (Å²) in [5.74, 6) is 0.123. The average molecular weight is 508 g/mol. The summed E-state index contributed by atoms with van der Waals surface area (Å²) in [6, 6.07) is 11.9. The summed E-state index contributed by atoms with van der Waals surface area (Å²) in [7, 11) is 3.67. The fourth-order valence-electron chi connectivity index (χ4n) is 4.29. The van der Waals surface area contributed by atoms with Crippen LogP contribution in [0, 0.1) is 5.82 Å². The highest BCUT2D eigenvalue weighted by atomic mass is 19.1. The Morgan fingerprint density at radius 1 is 0.974 bits per heavy atom. The van der Waals surface area contributed by atoms with Gasteiger partial charge in [0, 0.05) is 35.3 Å². The molecule has 0 atom stereocenters. The van der Waals surface area contributed by atoms with Crippen LogP contribution in [-0.4, -0.2) is 66.6 Å². The normalized spacial score (nSPS) is 11.5. The number of H-pyrrole nitrogens is 2. The van der Waals surface area contributed by atoms with Crippen molar-refractivity contribution in [3.8, 4) is 33.8 Å². The molecular weight excluding hydrogens is 485 g/mol. The first-order chi connectivity index (χ1) is 18.4. The lowest BCUT2D eigenvalue weighted by molar-refractivity contribution is -0.116. The van der Waals surface area contributed by atoms with Gasteiger partial charge in [-0.25, -0.2) is 19.3 Å². The molecule has 0 radical (unpaired) electrons. The summed E-state index contributed by atoms with van der Waals surface area (Å²) in [6.45, 7) is 0.269. The summed E-state index contributed by atoms with van der Waals surface area (Å²) in [5, 5.41) is 11.0. The maximum Gasteiger partial charge on any atom is 0.238 e. The predicted octanol–water partition coefficient (Wildman–Crippen LogP) is 4.26. The van der Waals surface area contributed by atoms with Crippen molar-refractivity contribution in [2.24, 2.45) is 0 Å². The summed E-state index contributed by atoms with van der Waals surface area (Å²) in [4.78, 5) is 35.2. The minimum absolute atomic E-state index is 0.127. The number of halogens is 1. The van der Waals surface area contributed by atoms with Gasteiger partial charge in [0.1, 0.15) is 11.5 Å². The largest absolute Gasteiger partial charge is 0.335 e. The van der Waals surface area contributed by atoms with Gasteiger partial charge in [-0.2, -0.15) is 5.10 Å². The maximum atomic E-state index is 13.5. The number of aromatic nitrogens is 7. The van der Waals surface area contributed by atoms with Crippen molar-refractivity contribution in [1.82, 2.24) is 40.0 Å². The van der Waals surface area contributed by atoms with Gasteiger partial charge in [-0.05, 0) is 50.0 Å². The first kappa shape index (κ1) is 23.4. The fraction of sp³-hybridized carbons (Fsp3) is 0.111. The van der Waals surface area contributed by atoms with E-state index in [2.05, 4.69) is 40.4 Å². The quantitative estimate of drug-likeness (QED) is 0.307. The second-order valence-electron chi connectivity index (χ2n) is 9.09. The van der Waals surface area contributed by atoms with Gasteiger partial charge in [-0.15, -0.1) is 0 Å². The van der Waals surface area contributed by atoms with E-state index >= 15 is 0 Å². The second-order valence-corrected chi connectivity index (χ2v) is 9.09. The van der Waals surface area contributed by atoms with E-state index in [9.17, 15) is 9.18 Å². The number of carbonyl (C=O) groups is 1. The Hall–Kier alpha value is -5.03. The number of imidazole rings is 1. The molecule has 188 valence electrons. The summed E-state index contributed by atoms with van der Waals surface area (Å²) in [5.41, 5.74) is 6.33. The Labute approximate surface area is 216 Å². The Bertz CT molecular complexity index is 1790. The number of benzene rings is 1. The minimum atomic E-state index is -0.298. The van der Waals surface area contributed by atoms with E-state index < -0.39 is 0 Å². The number of aromatic amines is 2. The molecule has 5 aromatic heterocycles. The third-order valence-electron chi connectivity index (χ3n) is 6.01. The molecule has 10 nitrogen and oxygen atoms in total. The van der Waals surface area contributed by atoms with Gasteiger partial charge in [0.25, 0.3) is 0 Å². The molecule has 11 heteroatoms. The number of rotatable bonds is 6. The van der Waals surface area contributed by atoms with Gasteiger partial charge < -0.3 is 15.2 Å². The number of nitrogens with zero attached hydrogens (tertiary/aromatic N) is 6. The molecule has 6 aromatic rings. The van der Waals surface area contributed by atoms with Crippen LogP contribution < -0.4 is 5.32 Å². The van der Waals surface area contributed by atoms with Crippen LogP contribution in [0.4, 0.5) is 10.1 Å². The fourth-order valence-corrected chi connectivity index (χ4v) is 4.29. The van der Waals surface area contributed by atoms with Crippen molar-refractivity contribution < 1.29 is 9.18 Å². The Kier molecular flexibility index (Phi) is 5.81. The molecule has 0 bridgehead atoms. The topological polar surface area (TPSA) is 128 Å². The van der Waals surface area contributed by atoms with E-state index in [4.69, 9.17) is 0 Å². The van der Waals surface area contributed by atoms with Crippen LogP contribution in [0.5, 0.6) is 0 Å². The van der Waals surface area contributed by atoms with Crippen LogP contribution in [0.15, 0.2) is 67.3 Å². The number of amides is 1. The van der Waals surface area contributed by atoms with Gasteiger partial charge in [0.2, 0.25) is 5.91 Å². The number of carbonyl (C=O) groups excluding carboxylic acids is 1. The molecule has 0 saturated carbocycles. The smallest absolute Gasteiger partial charge is 0.238 e. The molecule has 0 saturated heterocycles. The van der Waals surface area contributed by atoms with E-state index in [1.165, 1.54) is 12.1 Å². The molecule has 6 rings (SSSR count). The average Bonchev–Trinajstić information content (AvgIpc) is 3.52. The molecule has 38 heavy (non-hydrogen) atoms. The van der Waals surface area contributed by atoms with E-state index in [0.29, 0.717) is 28.5 Å². The summed E-state index contributed by atoms with van der Waals surface area (Å²) in [6.07, 6.45) is 6.70. The van der Waals surface area contributed by atoms with Crippen LogP contribution in [0.1, 0.15) is 0 Å². The molecule has 0 spiro atoms. The van der Waals surface area contributed by atoms with Crippen molar-refractivity contribution >= 4 is 33.8 Å². The third kappa shape index (κ3) is 4.46. The van der Waals surface area contributed by atoms with E-state index in [1.807, 2.05) is 32.3 Å². The highest BCUT2D eigenvalue weighted by Gasteiger charge is 2.17. The lowest BCUT2D eigenvalue weighted by Gasteiger charge is -2.10. The van der Waals surface area contributed by atoms with Crippen molar-refractivity contribution in [3.05, 3.63) is 73.1 Å². The van der Waals surface area contributed by atoms with Gasteiger partial charge in [0.15, 0.2) is 17.1 Å². The number of nitrogens with one attached hydrogen (secondary N) is 3. The van der Waals surface area contributed by atoms with Crippen molar-refractivity contribution in [2.75, 3.05) is 26.0 Å². The number of likely N-dealkylation sites (N-methyl/N-ethyl adjacent to an activating group) is 1. The number of hydrogen-bond donors (Lipinski definition) is 3. The van der Waals surface area contributed by atoms with Gasteiger partial charge in [-0.1, -0.05) is 12.1 Å². The van der Waals surface area contributed by atoms with Crippen molar-refractivity contribution in [1.29, 1.82) is 0 Å². The first-order valence-corrected chi connectivity index (χ1v) is 11.8. The minimum Gasteiger partial charge on any atom is -0.335 e. The molecule has 5 heterocycles. The van der Waals surface area contributed by atoms with E-state index in [0.717, 1.165) is 33.2 Å². The van der Waals surface area contributed by atoms with E-state index in [1.54, 1.807) is 41.8 Å². The third-order valence-corrected chi connectivity index (χ3v) is 6.01. The van der Waals surface area contributed by atoms with Gasteiger partial charge in [0.05, 0.1) is 29.3 Å². The predicted molar refractivity (Wildman–Crippen MR) is 143 cm³/mol. The van der Waals surface area contributed by atoms with Crippen molar-refractivity contribution in [3.63, 3.8) is 0 Å². The molecule has 0 aliphatic heterocycles. The van der Waals surface area contributed by atoms with Gasteiger partial charge in [-0.3, -0.25) is 14.9 Å². The molecule has 1 aromatic carbocycles. The first-order valence-electron chi connectivity index (χ1n) is 11.8. The summed E-state index contributed by atoms with van der Waals surface area (Å²) >= 11 is 0. The van der Waals surface area contributed by atoms with Crippen LogP contribution in [0.2, 0.25) is 0 Å². The monoisotopic (exact) mass is 507 g/mol. The lowest BCUT2D eigenvalue weighted by atomic mass is 10.1. The van der Waals surface area contributed by atoms with E-state index in [-0.39, 0.29) is 18.3 Å². The maximum absolute atomic E-state index is 13.5. The molecule has 0 aliphatic rings. The SMILES string of the molecule is CN(C)CC(=O)Nc1cncc(-c2cnc3n[nH]c(-c4nc5nccc(-c6ccc(F)cc6)c5[nH]4)c3c2)c1.